The van der Waals surface area contributed by atoms with Gasteiger partial charge in [-0.25, -0.2) is 0 Å². The van der Waals surface area contributed by atoms with Crippen LogP contribution in [0.25, 0.3) is 10.4 Å². The Kier molecular flexibility index (Phi) is 4.53. The van der Waals surface area contributed by atoms with Gasteiger partial charge in [-0.3, -0.25) is 9.78 Å². The molecule has 0 spiro atoms. The van der Waals surface area contributed by atoms with E-state index in [9.17, 15) is 4.79 Å². The minimum absolute atomic E-state index is 0.104. The summed E-state index contributed by atoms with van der Waals surface area (Å²) in [7, 11) is 0. The zero-order valence-corrected chi connectivity index (χ0v) is 13.9. The molecule has 1 N–H and O–H groups in total. The molecule has 0 aliphatic carbocycles. The van der Waals surface area contributed by atoms with Crippen LogP contribution in [-0.4, -0.2) is 10.9 Å². The number of aromatic nitrogens is 1. The summed E-state index contributed by atoms with van der Waals surface area (Å²) in [6.07, 6.45) is 3.32. The van der Waals surface area contributed by atoms with E-state index in [1.54, 1.807) is 18.5 Å². The summed E-state index contributed by atoms with van der Waals surface area (Å²) in [6.45, 7) is 4.36. The molecule has 2 heterocycles. The van der Waals surface area contributed by atoms with Gasteiger partial charge in [0.15, 0.2) is 0 Å². The number of hydrogen-bond acceptors (Lipinski definition) is 3. The fourth-order valence-corrected chi connectivity index (χ4v) is 3.18. The van der Waals surface area contributed by atoms with E-state index in [1.165, 1.54) is 16.9 Å². The first-order valence-corrected chi connectivity index (χ1v) is 8.36. The lowest BCUT2D eigenvalue weighted by Gasteiger charge is -2.05. The van der Waals surface area contributed by atoms with Crippen LogP contribution in [-0.2, 0) is 0 Å². The number of nitrogens with zero attached hydrogens (tertiary/aromatic N) is 1. The zero-order valence-electron chi connectivity index (χ0n) is 13.1. The van der Waals surface area contributed by atoms with Crippen LogP contribution in [0.3, 0.4) is 0 Å². The summed E-state index contributed by atoms with van der Waals surface area (Å²) >= 11 is 1.50. The number of carbonyl (C=O) groups excluding carboxylic acids is 1. The largest absolute Gasteiger partial charge is 0.320 e. The van der Waals surface area contributed by atoms with Crippen molar-refractivity contribution in [2.75, 3.05) is 5.32 Å². The van der Waals surface area contributed by atoms with Crippen molar-refractivity contribution in [3.05, 3.63) is 71.4 Å². The summed E-state index contributed by atoms with van der Waals surface area (Å²) in [5.74, 6) is 0.418. The van der Waals surface area contributed by atoms with Crippen LogP contribution in [0.4, 0.5) is 5.69 Å². The lowest BCUT2D eigenvalue weighted by Crippen LogP contribution is -2.09. The molecule has 0 aliphatic rings. The lowest BCUT2D eigenvalue weighted by molar-refractivity contribution is 0.103. The Morgan fingerprint density at radius 3 is 2.52 bits per heavy atom. The molecule has 4 heteroatoms. The Hall–Kier alpha value is -2.46. The Morgan fingerprint density at radius 1 is 1.09 bits per heavy atom. The number of rotatable bonds is 4. The molecule has 23 heavy (non-hydrogen) atoms. The number of hydrogen-bond donors (Lipinski definition) is 1. The molecular weight excluding hydrogens is 304 g/mol. The second kappa shape index (κ2) is 6.75. The predicted molar refractivity (Wildman–Crippen MR) is 96.0 cm³/mol. The van der Waals surface area contributed by atoms with Crippen molar-refractivity contribution < 1.29 is 4.79 Å². The maximum absolute atomic E-state index is 12.3. The quantitative estimate of drug-likeness (QED) is 0.718. The van der Waals surface area contributed by atoms with Crippen molar-refractivity contribution in [1.82, 2.24) is 4.98 Å². The second-order valence-corrected chi connectivity index (χ2v) is 6.72. The average Bonchev–Trinajstić information content (AvgIpc) is 3.06. The molecule has 0 saturated carbocycles. The number of benzene rings is 1. The van der Waals surface area contributed by atoms with Gasteiger partial charge in [-0.05, 0) is 41.3 Å². The SMILES string of the molecule is CC(C)c1ccc(-c2ccc(C(=O)Nc3cccnc3)s2)cc1. The van der Waals surface area contributed by atoms with Crippen LogP contribution in [0.2, 0.25) is 0 Å². The van der Waals surface area contributed by atoms with Gasteiger partial charge in [-0.1, -0.05) is 38.1 Å². The van der Waals surface area contributed by atoms with Gasteiger partial charge >= 0.3 is 0 Å². The molecule has 1 aromatic carbocycles. The summed E-state index contributed by atoms with van der Waals surface area (Å²) in [5, 5.41) is 2.86. The molecule has 0 bridgehead atoms. The van der Waals surface area contributed by atoms with Crippen molar-refractivity contribution >= 4 is 22.9 Å². The van der Waals surface area contributed by atoms with Gasteiger partial charge in [0.05, 0.1) is 16.8 Å². The fourth-order valence-electron chi connectivity index (χ4n) is 2.28. The minimum atomic E-state index is -0.104. The van der Waals surface area contributed by atoms with Crippen LogP contribution >= 0.6 is 11.3 Å². The van der Waals surface area contributed by atoms with E-state index in [2.05, 4.69) is 48.4 Å². The summed E-state index contributed by atoms with van der Waals surface area (Å²) in [6, 6.07) is 16.0. The Labute approximate surface area is 140 Å². The van der Waals surface area contributed by atoms with Crippen molar-refractivity contribution in [1.29, 1.82) is 0 Å². The Bertz CT molecular complexity index is 792. The van der Waals surface area contributed by atoms with Crippen LogP contribution in [0.1, 0.15) is 35.0 Å². The van der Waals surface area contributed by atoms with Crippen LogP contribution in [0, 0.1) is 0 Å². The maximum atomic E-state index is 12.3. The van der Waals surface area contributed by atoms with E-state index in [0.717, 1.165) is 10.4 Å². The summed E-state index contributed by atoms with van der Waals surface area (Å²) < 4.78 is 0. The van der Waals surface area contributed by atoms with E-state index in [-0.39, 0.29) is 5.91 Å². The van der Waals surface area contributed by atoms with Crippen LogP contribution in [0.5, 0.6) is 0 Å². The molecular formula is C19H18N2OS. The monoisotopic (exact) mass is 322 g/mol. The Morgan fingerprint density at radius 2 is 1.87 bits per heavy atom. The van der Waals surface area contributed by atoms with Gasteiger partial charge in [-0.2, -0.15) is 0 Å². The number of carbonyl (C=O) groups is 1. The third kappa shape index (κ3) is 3.66. The van der Waals surface area contributed by atoms with Gasteiger partial charge in [0.1, 0.15) is 0 Å². The number of thiophene rings is 1. The Balaban J connectivity index is 1.76. The molecule has 1 amide bonds. The van der Waals surface area contributed by atoms with E-state index in [4.69, 9.17) is 0 Å². The standard InChI is InChI=1S/C19H18N2OS/c1-13(2)14-5-7-15(8-6-14)17-9-10-18(23-17)19(22)21-16-4-3-11-20-12-16/h3-13H,1-2H3,(H,21,22). The highest BCUT2D eigenvalue weighted by Gasteiger charge is 2.11. The first kappa shape index (κ1) is 15.4. The molecule has 0 radical (unpaired) electrons. The minimum Gasteiger partial charge on any atom is -0.320 e. The third-order valence-corrected chi connectivity index (χ3v) is 4.74. The molecule has 0 atom stereocenters. The van der Waals surface area contributed by atoms with Crippen molar-refractivity contribution in [2.45, 2.75) is 19.8 Å². The highest BCUT2D eigenvalue weighted by atomic mass is 32.1. The molecule has 0 aliphatic heterocycles. The molecule has 0 unspecified atom stereocenters. The van der Waals surface area contributed by atoms with Crippen molar-refractivity contribution in [3.63, 3.8) is 0 Å². The van der Waals surface area contributed by atoms with Gasteiger partial charge in [0, 0.05) is 11.1 Å². The lowest BCUT2D eigenvalue weighted by atomic mass is 10.0. The first-order valence-electron chi connectivity index (χ1n) is 7.55. The van der Waals surface area contributed by atoms with Crippen LogP contribution < -0.4 is 5.32 Å². The van der Waals surface area contributed by atoms with E-state index < -0.39 is 0 Å². The number of nitrogens with one attached hydrogen (secondary N) is 1. The molecule has 2 aromatic heterocycles. The molecule has 3 rings (SSSR count). The van der Waals surface area contributed by atoms with Gasteiger partial charge in [-0.15, -0.1) is 11.3 Å². The topological polar surface area (TPSA) is 42.0 Å². The number of anilines is 1. The normalized spacial score (nSPS) is 10.7. The van der Waals surface area contributed by atoms with Crippen LogP contribution in [0.15, 0.2) is 60.9 Å². The van der Waals surface area contributed by atoms with Gasteiger partial charge in [0.25, 0.3) is 5.91 Å². The molecule has 116 valence electrons. The highest BCUT2D eigenvalue weighted by molar-refractivity contribution is 7.17. The smallest absolute Gasteiger partial charge is 0.265 e. The van der Waals surface area contributed by atoms with Gasteiger partial charge < -0.3 is 5.32 Å². The molecule has 3 nitrogen and oxygen atoms in total. The number of pyridine rings is 1. The van der Waals surface area contributed by atoms with Gasteiger partial charge in [0.2, 0.25) is 0 Å². The zero-order chi connectivity index (χ0) is 16.2. The van der Waals surface area contributed by atoms with E-state index >= 15 is 0 Å². The maximum Gasteiger partial charge on any atom is 0.265 e. The third-order valence-electron chi connectivity index (χ3n) is 3.61. The molecule has 0 fully saturated rings. The van der Waals surface area contributed by atoms with E-state index in [1.807, 2.05) is 18.2 Å². The predicted octanol–water partition coefficient (Wildman–Crippen LogP) is 5.19. The second-order valence-electron chi connectivity index (χ2n) is 5.64. The van der Waals surface area contributed by atoms with Crippen molar-refractivity contribution in [2.24, 2.45) is 0 Å². The van der Waals surface area contributed by atoms with E-state index in [0.29, 0.717) is 16.5 Å². The summed E-state index contributed by atoms with van der Waals surface area (Å²) in [5.41, 5.74) is 3.16. The molecule has 3 aromatic rings. The fraction of sp³-hybridized carbons (Fsp3) is 0.158. The number of amides is 1. The first-order chi connectivity index (χ1) is 11.1. The molecule has 0 saturated heterocycles. The summed E-state index contributed by atoms with van der Waals surface area (Å²) in [4.78, 5) is 18.1. The van der Waals surface area contributed by atoms with Crippen molar-refractivity contribution in [3.8, 4) is 10.4 Å². The highest BCUT2D eigenvalue weighted by Crippen LogP contribution is 2.29. The average molecular weight is 322 g/mol.